The van der Waals surface area contributed by atoms with Crippen LogP contribution in [0.15, 0.2) is 81.4 Å². The molecule has 4 N–H and O–H groups in total. The van der Waals surface area contributed by atoms with Crippen molar-refractivity contribution in [2.45, 2.75) is 60.6 Å². The molecule has 1 fully saturated rings. The summed E-state index contributed by atoms with van der Waals surface area (Å²) in [6.45, 7) is 1.11. The molecule has 0 spiro atoms. The Balaban J connectivity index is 1.07. The van der Waals surface area contributed by atoms with Crippen molar-refractivity contribution in [2.75, 3.05) is 11.9 Å². The highest BCUT2D eigenvalue weighted by Gasteiger charge is 2.26. The van der Waals surface area contributed by atoms with Crippen LogP contribution in [-0.2, 0) is 17.9 Å². The zero-order chi connectivity index (χ0) is 27.5. The summed E-state index contributed by atoms with van der Waals surface area (Å²) in [6.07, 6.45) is 5.85. The van der Waals surface area contributed by atoms with E-state index in [0.29, 0.717) is 36.6 Å². The summed E-state index contributed by atoms with van der Waals surface area (Å²) >= 11 is 1.63. The summed E-state index contributed by atoms with van der Waals surface area (Å²) in [5.41, 5.74) is 9.14. The summed E-state index contributed by atoms with van der Waals surface area (Å²) in [7, 11) is 0. The van der Waals surface area contributed by atoms with Gasteiger partial charge in [-0.25, -0.2) is 4.98 Å². The molecule has 0 saturated heterocycles. The SMILES string of the molecule is N[C@@H](Cn1c(=O)ccc2ncc(Sc3ccccc3)cc21)[C@H]1CC[C@H](NCc2ccc3c(n2)NC(=O)CO3)CC1. The number of nitrogens with one attached hydrogen (secondary N) is 2. The first-order valence-corrected chi connectivity index (χ1v) is 14.5. The number of anilines is 1. The normalized spacial score (nSPS) is 19.5. The molecule has 6 rings (SSSR count). The Morgan fingerprint density at radius 1 is 1.05 bits per heavy atom. The minimum atomic E-state index is -0.187. The van der Waals surface area contributed by atoms with Gasteiger partial charge in [-0.15, -0.1) is 0 Å². The van der Waals surface area contributed by atoms with Crippen LogP contribution in [0.2, 0.25) is 0 Å². The number of ether oxygens (including phenoxy) is 1. The number of benzene rings is 1. The summed E-state index contributed by atoms with van der Waals surface area (Å²) in [5.74, 6) is 1.23. The number of pyridine rings is 3. The molecule has 1 amide bonds. The van der Waals surface area contributed by atoms with E-state index in [4.69, 9.17) is 10.5 Å². The summed E-state index contributed by atoms with van der Waals surface area (Å²) in [4.78, 5) is 35.8. The van der Waals surface area contributed by atoms with Crippen LogP contribution in [-0.4, -0.2) is 39.1 Å². The van der Waals surface area contributed by atoms with Crippen LogP contribution >= 0.6 is 11.8 Å². The second-order valence-electron chi connectivity index (χ2n) is 10.4. The average Bonchev–Trinajstić information content (AvgIpc) is 2.98. The molecule has 3 aromatic heterocycles. The molecule has 0 radical (unpaired) electrons. The molecule has 206 valence electrons. The number of rotatable bonds is 8. The first-order chi connectivity index (χ1) is 19.5. The Bertz CT molecular complexity index is 1570. The maximum atomic E-state index is 12.9. The fraction of sp³-hybridized carbons (Fsp3) is 0.333. The first-order valence-electron chi connectivity index (χ1n) is 13.7. The van der Waals surface area contributed by atoms with E-state index >= 15 is 0 Å². The molecule has 40 heavy (non-hydrogen) atoms. The number of aromatic nitrogens is 3. The fourth-order valence-electron chi connectivity index (χ4n) is 5.48. The predicted molar refractivity (Wildman–Crippen MR) is 155 cm³/mol. The van der Waals surface area contributed by atoms with E-state index in [1.165, 1.54) is 0 Å². The number of nitrogens with zero attached hydrogens (tertiary/aromatic N) is 3. The van der Waals surface area contributed by atoms with Crippen molar-refractivity contribution in [3.8, 4) is 5.75 Å². The van der Waals surface area contributed by atoms with Crippen LogP contribution < -0.4 is 26.7 Å². The lowest BCUT2D eigenvalue weighted by atomic mass is 9.81. The summed E-state index contributed by atoms with van der Waals surface area (Å²) in [6, 6.07) is 19.6. The van der Waals surface area contributed by atoms with Gasteiger partial charge in [0.15, 0.2) is 18.2 Å². The van der Waals surface area contributed by atoms with Crippen LogP contribution in [0.1, 0.15) is 31.4 Å². The van der Waals surface area contributed by atoms with Crippen molar-refractivity contribution in [1.29, 1.82) is 0 Å². The Labute approximate surface area is 236 Å². The second-order valence-corrected chi connectivity index (χ2v) is 11.6. The van der Waals surface area contributed by atoms with Gasteiger partial charge < -0.3 is 25.7 Å². The fourth-order valence-corrected chi connectivity index (χ4v) is 6.32. The van der Waals surface area contributed by atoms with E-state index < -0.39 is 0 Å². The highest BCUT2D eigenvalue weighted by Crippen LogP contribution is 2.30. The topological polar surface area (TPSA) is 124 Å². The van der Waals surface area contributed by atoms with Gasteiger partial charge in [-0.2, -0.15) is 0 Å². The third-order valence-corrected chi connectivity index (χ3v) is 8.63. The lowest BCUT2D eigenvalue weighted by Gasteiger charge is -2.33. The van der Waals surface area contributed by atoms with Crippen LogP contribution in [0.4, 0.5) is 5.82 Å². The Morgan fingerprint density at radius 2 is 1.88 bits per heavy atom. The van der Waals surface area contributed by atoms with Gasteiger partial charge in [0.2, 0.25) is 0 Å². The van der Waals surface area contributed by atoms with Gasteiger partial charge in [-0.05, 0) is 68.0 Å². The molecule has 0 bridgehead atoms. The minimum Gasteiger partial charge on any atom is -0.480 e. The standard InChI is InChI=1S/C30H32N6O3S/c31-24(17-36-26-14-23(40-22-4-2-1-3-5-22)16-33-25(26)11-13-29(36)38)19-6-8-20(9-7-19)32-15-21-10-12-27-30(34-21)35-28(37)18-39-27/h1-5,10-14,16,19-20,24,32H,6-9,15,17-18,31H2,(H,34,35,37)/t19-,20-,24-/m0/s1. The van der Waals surface area contributed by atoms with E-state index in [1.54, 1.807) is 28.5 Å². The van der Waals surface area contributed by atoms with Crippen molar-refractivity contribution in [2.24, 2.45) is 11.7 Å². The number of carbonyl (C=O) groups is 1. The third-order valence-electron chi connectivity index (χ3n) is 7.67. The van der Waals surface area contributed by atoms with Crippen LogP contribution in [0, 0.1) is 5.92 Å². The number of amides is 1. The van der Waals surface area contributed by atoms with Gasteiger partial charge in [0.1, 0.15) is 0 Å². The van der Waals surface area contributed by atoms with Gasteiger partial charge >= 0.3 is 0 Å². The number of carbonyl (C=O) groups excluding carboxylic acids is 1. The van der Waals surface area contributed by atoms with Crippen LogP contribution in [0.5, 0.6) is 5.75 Å². The second kappa shape index (κ2) is 11.8. The molecule has 2 aliphatic rings. The van der Waals surface area contributed by atoms with Crippen molar-refractivity contribution in [1.82, 2.24) is 19.9 Å². The van der Waals surface area contributed by atoms with Crippen molar-refractivity contribution in [3.63, 3.8) is 0 Å². The smallest absolute Gasteiger partial charge is 0.263 e. The summed E-state index contributed by atoms with van der Waals surface area (Å²) < 4.78 is 7.18. The average molecular weight is 557 g/mol. The zero-order valence-electron chi connectivity index (χ0n) is 22.1. The lowest BCUT2D eigenvalue weighted by Crippen LogP contribution is -2.42. The highest BCUT2D eigenvalue weighted by molar-refractivity contribution is 7.99. The van der Waals surface area contributed by atoms with Gasteiger partial charge in [0, 0.05) is 47.2 Å². The molecule has 10 heteroatoms. The highest BCUT2D eigenvalue weighted by atomic mass is 32.2. The van der Waals surface area contributed by atoms with Crippen molar-refractivity contribution >= 4 is 34.5 Å². The molecule has 9 nitrogen and oxygen atoms in total. The quantitative estimate of drug-likeness (QED) is 0.298. The Hall–Kier alpha value is -3.73. The van der Waals surface area contributed by atoms with E-state index in [2.05, 4.69) is 32.7 Å². The van der Waals surface area contributed by atoms with E-state index in [0.717, 1.165) is 52.2 Å². The van der Waals surface area contributed by atoms with Crippen molar-refractivity contribution in [3.05, 3.63) is 82.9 Å². The van der Waals surface area contributed by atoms with Gasteiger partial charge in [-0.1, -0.05) is 30.0 Å². The first kappa shape index (κ1) is 26.5. The maximum Gasteiger partial charge on any atom is 0.263 e. The molecular weight excluding hydrogens is 524 g/mol. The Morgan fingerprint density at radius 3 is 2.70 bits per heavy atom. The molecule has 1 aliphatic heterocycles. The van der Waals surface area contributed by atoms with Gasteiger partial charge in [-0.3, -0.25) is 14.6 Å². The van der Waals surface area contributed by atoms with Gasteiger partial charge in [0.25, 0.3) is 11.5 Å². The lowest BCUT2D eigenvalue weighted by molar-refractivity contribution is -0.118. The molecule has 4 heterocycles. The van der Waals surface area contributed by atoms with E-state index in [9.17, 15) is 9.59 Å². The molecule has 1 aromatic carbocycles. The monoisotopic (exact) mass is 556 g/mol. The van der Waals surface area contributed by atoms with E-state index in [1.807, 2.05) is 42.6 Å². The molecule has 0 unspecified atom stereocenters. The van der Waals surface area contributed by atoms with Gasteiger partial charge in [0.05, 0.1) is 16.7 Å². The number of fused-ring (bicyclic) bond motifs is 2. The minimum absolute atomic E-state index is 0.0258. The predicted octanol–water partition coefficient (Wildman–Crippen LogP) is 3.95. The largest absolute Gasteiger partial charge is 0.480 e. The number of nitrogens with two attached hydrogens (primary N) is 1. The maximum absolute atomic E-state index is 12.9. The van der Waals surface area contributed by atoms with E-state index in [-0.39, 0.29) is 24.1 Å². The molecule has 1 saturated carbocycles. The molecular formula is C30H32N6O3S. The Kier molecular flexibility index (Phi) is 7.81. The van der Waals surface area contributed by atoms with Crippen LogP contribution in [0.25, 0.3) is 11.0 Å². The van der Waals surface area contributed by atoms with Crippen LogP contribution in [0.3, 0.4) is 0 Å². The number of hydrogen-bond donors (Lipinski definition) is 3. The zero-order valence-corrected chi connectivity index (χ0v) is 22.9. The number of hydrogen-bond acceptors (Lipinski definition) is 8. The molecule has 1 aliphatic carbocycles. The molecule has 4 aromatic rings. The van der Waals surface area contributed by atoms with Crippen molar-refractivity contribution < 1.29 is 9.53 Å². The third kappa shape index (κ3) is 6.04. The molecule has 1 atom stereocenters. The summed E-state index contributed by atoms with van der Waals surface area (Å²) in [5, 5.41) is 6.36.